The van der Waals surface area contributed by atoms with Crippen LogP contribution in [0.3, 0.4) is 0 Å². The summed E-state index contributed by atoms with van der Waals surface area (Å²) in [5, 5.41) is 24.1. The van der Waals surface area contributed by atoms with Gasteiger partial charge in [-0.1, -0.05) is 37.3 Å². The normalized spacial score (nSPS) is 43.9. The van der Waals surface area contributed by atoms with Crippen LogP contribution in [0.5, 0.6) is 0 Å². The lowest BCUT2D eigenvalue weighted by Gasteiger charge is -2.64. The molecular formula is C25H34N2O4. The van der Waals surface area contributed by atoms with E-state index < -0.39 is 17.5 Å². The molecule has 168 valence electrons. The topological polar surface area (TPSA) is 98.7 Å². The molecule has 4 N–H and O–H groups in total. The molecule has 1 amide bonds. The zero-order valence-corrected chi connectivity index (χ0v) is 18.3. The summed E-state index contributed by atoms with van der Waals surface area (Å²) in [7, 11) is 0. The molecule has 1 saturated heterocycles. The molecule has 0 radical (unpaired) electrons. The van der Waals surface area contributed by atoms with E-state index in [1.165, 1.54) is 24.8 Å². The van der Waals surface area contributed by atoms with Gasteiger partial charge < -0.3 is 20.8 Å². The molecule has 5 aliphatic carbocycles. The van der Waals surface area contributed by atoms with Crippen LogP contribution in [-0.4, -0.2) is 41.4 Å². The van der Waals surface area contributed by atoms with Crippen LogP contribution >= 0.6 is 0 Å². The van der Waals surface area contributed by atoms with Crippen LogP contribution in [-0.2, 0) is 10.2 Å². The third-order valence-corrected chi connectivity index (χ3v) is 8.95. The van der Waals surface area contributed by atoms with Crippen molar-refractivity contribution in [3.05, 3.63) is 35.9 Å². The van der Waals surface area contributed by atoms with Gasteiger partial charge in [0, 0.05) is 18.0 Å². The number of benzene rings is 1. The minimum Gasteiger partial charge on any atom is -0.481 e. The molecule has 1 spiro atoms. The highest BCUT2D eigenvalue weighted by atomic mass is 16.4. The number of nitrogens with one attached hydrogen (secondary N) is 2. The molecule has 1 heterocycles. The predicted octanol–water partition coefficient (Wildman–Crippen LogP) is 4.01. The lowest BCUT2D eigenvalue weighted by molar-refractivity contribution is -0.176. The number of rotatable bonds is 3. The molecule has 6 fully saturated rings. The second-order valence-corrected chi connectivity index (χ2v) is 11.5. The minimum absolute atomic E-state index is 0.119. The molecule has 1 aromatic rings. The van der Waals surface area contributed by atoms with Crippen molar-refractivity contribution in [1.29, 1.82) is 0 Å². The average Bonchev–Trinajstić information content (AvgIpc) is 3.12. The largest absolute Gasteiger partial charge is 0.481 e. The molecule has 6 heteroatoms. The van der Waals surface area contributed by atoms with Crippen LogP contribution in [0.1, 0.15) is 63.9 Å². The van der Waals surface area contributed by atoms with Crippen LogP contribution in [0.15, 0.2) is 30.3 Å². The highest BCUT2D eigenvalue weighted by molar-refractivity contribution is 5.76. The highest BCUT2D eigenvalue weighted by Crippen LogP contribution is 2.70. The summed E-state index contributed by atoms with van der Waals surface area (Å²) in [4.78, 5) is 22.2. The average molecular weight is 427 g/mol. The van der Waals surface area contributed by atoms with E-state index in [0.717, 1.165) is 45.2 Å². The molecule has 6 nitrogen and oxygen atoms in total. The highest BCUT2D eigenvalue weighted by Gasteiger charge is 2.64. The summed E-state index contributed by atoms with van der Waals surface area (Å²) in [6.07, 6.45) is 7.51. The van der Waals surface area contributed by atoms with Gasteiger partial charge >= 0.3 is 12.1 Å². The minimum atomic E-state index is -0.890. The number of hydrogen-bond donors (Lipinski definition) is 4. The summed E-state index contributed by atoms with van der Waals surface area (Å²) >= 11 is 0. The summed E-state index contributed by atoms with van der Waals surface area (Å²) in [5.74, 6) is 0.0562. The molecule has 7 rings (SSSR count). The van der Waals surface area contributed by atoms with E-state index in [1.54, 1.807) is 0 Å². The molecular weight excluding hydrogens is 392 g/mol. The zero-order valence-electron chi connectivity index (χ0n) is 18.3. The van der Waals surface area contributed by atoms with E-state index in [-0.39, 0.29) is 16.9 Å². The van der Waals surface area contributed by atoms with Crippen molar-refractivity contribution in [3.8, 4) is 0 Å². The van der Waals surface area contributed by atoms with Gasteiger partial charge in [0.2, 0.25) is 0 Å². The lowest BCUT2D eigenvalue weighted by Crippen LogP contribution is -2.60. The number of carbonyl (C=O) groups is 2. The first-order valence-corrected chi connectivity index (χ1v) is 11.7. The fourth-order valence-electron chi connectivity index (χ4n) is 8.21. The van der Waals surface area contributed by atoms with Gasteiger partial charge in [-0.05, 0) is 80.2 Å². The van der Waals surface area contributed by atoms with E-state index in [2.05, 4.69) is 47.9 Å². The number of aliphatic carboxylic acids is 1. The molecule has 6 unspecified atom stereocenters. The van der Waals surface area contributed by atoms with Crippen LogP contribution in [0.25, 0.3) is 0 Å². The van der Waals surface area contributed by atoms with Crippen LogP contribution in [0.4, 0.5) is 4.79 Å². The Morgan fingerprint density at radius 1 is 1.03 bits per heavy atom. The molecule has 1 aliphatic heterocycles. The maximum absolute atomic E-state index is 12.0. The lowest BCUT2D eigenvalue weighted by atomic mass is 9.39. The number of carboxylic acids is 1. The Morgan fingerprint density at radius 3 is 2.42 bits per heavy atom. The second kappa shape index (κ2) is 6.96. The number of amides is 1. The van der Waals surface area contributed by atoms with Gasteiger partial charge in [-0.25, -0.2) is 4.79 Å². The number of hydrogen-bond acceptors (Lipinski definition) is 3. The monoisotopic (exact) mass is 426 g/mol. The van der Waals surface area contributed by atoms with E-state index in [1.807, 2.05) is 0 Å². The molecule has 6 aliphatic rings. The van der Waals surface area contributed by atoms with Crippen LogP contribution in [0.2, 0.25) is 0 Å². The third kappa shape index (κ3) is 3.53. The van der Waals surface area contributed by atoms with Crippen molar-refractivity contribution >= 4 is 12.1 Å². The van der Waals surface area contributed by atoms with Gasteiger partial charge in [0.1, 0.15) is 0 Å². The molecule has 1 aromatic carbocycles. The fourth-order valence-corrected chi connectivity index (χ4v) is 8.21. The van der Waals surface area contributed by atoms with Crippen molar-refractivity contribution in [1.82, 2.24) is 10.6 Å². The van der Waals surface area contributed by atoms with Gasteiger partial charge in [-0.3, -0.25) is 4.79 Å². The Labute approximate surface area is 183 Å². The SMILES string of the molecule is CC12CC3CC(C(=O)O)(C1)CC(c1ccccc1)(C3)C2.O=C(O)NC1CC12CCNC2. The first kappa shape index (κ1) is 20.8. The summed E-state index contributed by atoms with van der Waals surface area (Å²) in [6, 6.07) is 10.9. The summed E-state index contributed by atoms with van der Waals surface area (Å²) in [6.45, 7) is 4.35. The van der Waals surface area contributed by atoms with Gasteiger partial charge in [0.25, 0.3) is 0 Å². The van der Waals surface area contributed by atoms with E-state index in [9.17, 15) is 14.7 Å². The van der Waals surface area contributed by atoms with Crippen molar-refractivity contribution in [2.75, 3.05) is 13.1 Å². The standard InChI is InChI=1S/C18H22O2.C7H12N2O2/c1-16-7-13-8-17(10-16,14-5-3-2-4-6-14)12-18(9-13,11-16)15(19)20;10-6(11)9-5-3-7(5)1-2-8-4-7/h2-6,13H,7-12H2,1H3,(H,19,20);5,8-9H,1-4H2,(H,10,11). The maximum Gasteiger partial charge on any atom is 0.404 e. The van der Waals surface area contributed by atoms with E-state index >= 15 is 0 Å². The van der Waals surface area contributed by atoms with Gasteiger partial charge in [-0.15, -0.1) is 0 Å². The zero-order chi connectivity index (χ0) is 21.9. The summed E-state index contributed by atoms with van der Waals surface area (Å²) in [5.41, 5.74) is 1.56. The first-order valence-electron chi connectivity index (χ1n) is 11.7. The van der Waals surface area contributed by atoms with Crippen molar-refractivity contribution in [2.45, 2.75) is 69.7 Å². The van der Waals surface area contributed by atoms with E-state index in [0.29, 0.717) is 11.3 Å². The Morgan fingerprint density at radius 2 is 1.81 bits per heavy atom. The Hall–Kier alpha value is -2.08. The maximum atomic E-state index is 12.0. The predicted molar refractivity (Wildman–Crippen MR) is 117 cm³/mol. The number of carboxylic acid groups (broad SMARTS) is 2. The van der Waals surface area contributed by atoms with Crippen molar-refractivity contribution < 1.29 is 19.8 Å². The fraction of sp³-hybridized carbons (Fsp3) is 0.680. The molecule has 4 bridgehead atoms. The van der Waals surface area contributed by atoms with Crippen LogP contribution < -0.4 is 10.6 Å². The van der Waals surface area contributed by atoms with Gasteiger partial charge in [0.15, 0.2) is 0 Å². The second-order valence-electron chi connectivity index (χ2n) is 11.5. The summed E-state index contributed by atoms with van der Waals surface area (Å²) < 4.78 is 0. The molecule has 31 heavy (non-hydrogen) atoms. The van der Waals surface area contributed by atoms with Crippen molar-refractivity contribution in [3.63, 3.8) is 0 Å². The molecule has 0 aromatic heterocycles. The third-order valence-electron chi connectivity index (χ3n) is 8.95. The van der Waals surface area contributed by atoms with Crippen LogP contribution in [0, 0.1) is 22.2 Å². The first-order chi connectivity index (χ1) is 14.7. The Balaban J connectivity index is 0.000000157. The quantitative estimate of drug-likeness (QED) is 0.585. The smallest absolute Gasteiger partial charge is 0.404 e. The molecule has 5 saturated carbocycles. The Kier molecular flexibility index (Phi) is 4.67. The molecule has 6 atom stereocenters. The van der Waals surface area contributed by atoms with Gasteiger partial charge in [0.05, 0.1) is 5.41 Å². The Bertz CT molecular complexity index is 883. The van der Waals surface area contributed by atoms with E-state index in [4.69, 9.17) is 5.11 Å². The van der Waals surface area contributed by atoms with Gasteiger partial charge in [-0.2, -0.15) is 0 Å². The van der Waals surface area contributed by atoms with Crippen molar-refractivity contribution in [2.24, 2.45) is 22.2 Å².